The fourth-order valence-corrected chi connectivity index (χ4v) is 7.82. The quantitative estimate of drug-likeness (QED) is 0.262. The zero-order valence-electron chi connectivity index (χ0n) is 21.0. The molecule has 1 nitrogen and oxygen atoms in total. The van der Waals surface area contributed by atoms with Gasteiger partial charge in [0.05, 0.1) is 5.69 Å². The lowest BCUT2D eigenvalue weighted by atomic mass is 9.30. The largest absolute Gasteiger partial charge is 0.310 e. The van der Waals surface area contributed by atoms with E-state index in [4.69, 9.17) is 0 Å². The molecule has 3 aliphatic rings. The van der Waals surface area contributed by atoms with Crippen LogP contribution in [-0.4, -0.2) is 11.3 Å². The van der Waals surface area contributed by atoms with Crippen LogP contribution in [0.4, 0.5) is 0 Å². The SMILES string of the molecule is Cc1cc2c3c(c1)C(C)(C)c1ccccc1B3c1cccc3c4c(n-2c13)-c1ccccc1C4(C)C. The minimum Gasteiger partial charge on any atom is -0.310 e. The fourth-order valence-electron chi connectivity index (χ4n) is 7.82. The normalized spacial score (nSPS) is 17.1. The monoisotopic (exact) mass is 449 g/mol. The summed E-state index contributed by atoms with van der Waals surface area (Å²) in [6.07, 6.45) is 0. The first kappa shape index (κ1) is 19.8. The molecule has 0 saturated heterocycles. The van der Waals surface area contributed by atoms with E-state index in [2.05, 4.69) is 118 Å². The highest BCUT2D eigenvalue weighted by Gasteiger charge is 2.48. The summed E-state index contributed by atoms with van der Waals surface area (Å²) >= 11 is 0. The van der Waals surface area contributed by atoms with Crippen LogP contribution in [0.15, 0.2) is 78.9 Å². The van der Waals surface area contributed by atoms with E-state index in [0.29, 0.717) is 0 Å². The van der Waals surface area contributed by atoms with Gasteiger partial charge in [0.1, 0.15) is 0 Å². The number of para-hydroxylation sites is 1. The van der Waals surface area contributed by atoms with Crippen LogP contribution in [0.5, 0.6) is 0 Å². The first-order valence-corrected chi connectivity index (χ1v) is 12.8. The van der Waals surface area contributed by atoms with Crippen molar-refractivity contribution in [2.75, 3.05) is 0 Å². The van der Waals surface area contributed by atoms with Gasteiger partial charge >= 0.3 is 0 Å². The van der Waals surface area contributed by atoms with Gasteiger partial charge in [-0.15, -0.1) is 0 Å². The minimum absolute atomic E-state index is 0.0297. The zero-order valence-corrected chi connectivity index (χ0v) is 21.0. The summed E-state index contributed by atoms with van der Waals surface area (Å²) < 4.78 is 2.64. The summed E-state index contributed by atoms with van der Waals surface area (Å²) in [5, 5.41) is 1.41. The third-order valence-corrected chi connectivity index (χ3v) is 9.26. The predicted molar refractivity (Wildman–Crippen MR) is 149 cm³/mol. The van der Waals surface area contributed by atoms with Crippen LogP contribution in [0.25, 0.3) is 27.8 Å². The maximum absolute atomic E-state index is 2.64. The Morgan fingerprint density at radius 1 is 0.686 bits per heavy atom. The van der Waals surface area contributed by atoms with Crippen LogP contribution in [0.1, 0.15) is 55.5 Å². The van der Waals surface area contributed by atoms with E-state index in [-0.39, 0.29) is 17.5 Å². The Bertz CT molecular complexity index is 1760. The van der Waals surface area contributed by atoms with Crippen LogP contribution in [0, 0.1) is 6.92 Å². The number of rotatable bonds is 0. The molecule has 0 radical (unpaired) electrons. The smallest absolute Gasteiger partial charge is 0.247 e. The van der Waals surface area contributed by atoms with Gasteiger partial charge in [0.25, 0.3) is 0 Å². The Morgan fingerprint density at radius 3 is 2.23 bits per heavy atom. The van der Waals surface area contributed by atoms with Crippen LogP contribution >= 0.6 is 0 Å². The Balaban J connectivity index is 1.63. The van der Waals surface area contributed by atoms with Crippen LogP contribution in [-0.2, 0) is 10.8 Å². The molecule has 0 spiro atoms. The van der Waals surface area contributed by atoms with Crippen molar-refractivity contribution in [3.63, 3.8) is 0 Å². The molecule has 0 saturated carbocycles. The molecule has 4 aromatic carbocycles. The molecule has 2 aliphatic heterocycles. The van der Waals surface area contributed by atoms with Crippen molar-refractivity contribution in [1.29, 1.82) is 0 Å². The molecule has 0 N–H and O–H groups in total. The van der Waals surface area contributed by atoms with Gasteiger partial charge in [0.15, 0.2) is 0 Å². The summed E-state index contributed by atoms with van der Waals surface area (Å²) in [5.74, 6) is 0. The fraction of sp³-hybridized carbons (Fsp3) is 0.212. The molecule has 8 rings (SSSR count). The van der Waals surface area contributed by atoms with E-state index in [1.807, 2.05) is 0 Å². The number of aryl methyl sites for hydroxylation is 1. The number of hydrogen-bond donors (Lipinski definition) is 0. The van der Waals surface area contributed by atoms with Gasteiger partial charge in [-0.1, -0.05) is 106 Å². The number of hydrogen-bond acceptors (Lipinski definition) is 0. The van der Waals surface area contributed by atoms with E-state index in [1.54, 1.807) is 0 Å². The number of nitrogens with zero attached hydrogens (tertiary/aromatic N) is 1. The second-order valence-electron chi connectivity index (χ2n) is 11.9. The maximum Gasteiger partial charge on any atom is 0.247 e. The van der Waals surface area contributed by atoms with E-state index < -0.39 is 0 Å². The topological polar surface area (TPSA) is 4.93 Å². The highest BCUT2D eigenvalue weighted by Crippen LogP contribution is 2.54. The average molecular weight is 449 g/mol. The van der Waals surface area contributed by atoms with E-state index in [1.165, 1.54) is 72.1 Å². The lowest BCUT2D eigenvalue weighted by Gasteiger charge is -2.42. The Hall–Kier alpha value is -3.52. The number of fused-ring (bicyclic) bond motifs is 9. The molecule has 5 aromatic rings. The molecule has 0 atom stereocenters. The third kappa shape index (κ3) is 2.10. The molecule has 0 amide bonds. The second-order valence-corrected chi connectivity index (χ2v) is 11.9. The van der Waals surface area contributed by atoms with Crippen LogP contribution < -0.4 is 16.4 Å². The summed E-state index contributed by atoms with van der Waals surface area (Å²) in [5.41, 5.74) is 17.1. The molecule has 0 fully saturated rings. The second kappa shape index (κ2) is 6.00. The molecular formula is C33H28BN. The van der Waals surface area contributed by atoms with Crippen molar-refractivity contribution in [2.24, 2.45) is 0 Å². The van der Waals surface area contributed by atoms with Gasteiger partial charge in [0, 0.05) is 33.0 Å². The first-order valence-electron chi connectivity index (χ1n) is 12.8. The lowest BCUT2D eigenvalue weighted by Crippen LogP contribution is -2.63. The van der Waals surface area contributed by atoms with E-state index in [9.17, 15) is 0 Å². The zero-order chi connectivity index (χ0) is 23.9. The van der Waals surface area contributed by atoms with Crippen LogP contribution in [0.3, 0.4) is 0 Å². The van der Waals surface area contributed by atoms with Gasteiger partial charge < -0.3 is 4.57 Å². The molecule has 3 heterocycles. The molecule has 0 bridgehead atoms. The van der Waals surface area contributed by atoms with Gasteiger partial charge in [-0.25, -0.2) is 0 Å². The van der Waals surface area contributed by atoms with Gasteiger partial charge in [-0.05, 0) is 51.7 Å². The summed E-state index contributed by atoms with van der Waals surface area (Å²) in [6.45, 7) is 12.2. The first-order chi connectivity index (χ1) is 16.8. The molecule has 2 heteroatoms. The van der Waals surface area contributed by atoms with E-state index in [0.717, 1.165) is 0 Å². The minimum atomic E-state index is -0.0396. The van der Waals surface area contributed by atoms with Crippen molar-refractivity contribution in [2.45, 2.75) is 45.4 Å². The summed E-state index contributed by atoms with van der Waals surface area (Å²) in [4.78, 5) is 0. The average Bonchev–Trinajstić information content (AvgIpc) is 3.31. The number of aromatic nitrogens is 1. The van der Waals surface area contributed by atoms with Crippen molar-refractivity contribution in [3.8, 4) is 16.9 Å². The molecule has 35 heavy (non-hydrogen) atoms. The maximum atomic E-state index is 2.64. The Labute approximate surface area is 207 Å². The number of benzene rings is 4. The molecule has 1 aromatic heterocycles. The van der Waals surface area contributed by atoms with Gasteiger partial charge in [-0.3, -0.25) is 0 Å². The Kier molecular flexibility index (Phi) is 3.38. The van der Waals surface area contributed by atoms with Crippen molar-refractivity contribution in [1.82, 2.24) is 4.57 Å². The van der Waals surface area contributed by atoms with Crippen LogP contribution in [0.2, 0.25) is 0 Å². The van der Waals surface area contributed by atoms with E-state index >= 15 is 0 Å². The van der Waals surface area contributed by atoms with Gasteiger partial charge in [-0.2, -0.15) is 0 Å². The molecule has 1 aliphatic carbocycles. The lowest BCUT2D eigenvalue weighted by molar-refractivity contribution is 0.644. The third-order valence-electron chi connectivity index (χ3n) is 9.26. The standard InChI is InChI=1S/C33H28BN/c1-19-17-24-29-27(18-19)35-30-21(28-31(35)20-11-6-7-13-22(20)33(28,4)5)12-10-16-26(30)34(29)25-15-9-8-14-23(25)32(24,2)3/h6-18H,1-5H3. The van der Waals surface area contributed by atoms with Crippen molar-refractivity contribution < 1.29 is 0 Å². The highest BCUT2D eigenvalue weighted by molar-refractivity contribution is 6.99. The summed E-state index contributed by atoms with van der Waals surface area (Å²) in [7, 11) is 0. The van der Waals surface area contributed by atoms with Crippen molar-refractivity contribution in [3.05, 3.63) is 107 Å². The summed E-state index contributed by atoms with van der Waals surface area (Å²) in [6, 6.07) is 30.2. The highest BCUT2D eigenvalue weighted by atomic mass is 15.0. The molecule has 0 unspecified atom stereocenters. The predicted octanol–water partition coefficient (Wildman–Crippen LogP) is 5.71. The molecule has 168 valence electrons. The Morgan fingerprint density at radius 2 is 1.40 bits per heavy atom. The molecular weight excluding hydrogens is 421 g/mol. The van der Waals surface area contributed by atoms with Crippen molar-refractivity contribution >= 4 is 34.0 Å². The van der Waals surface area contributed by atoms with Gasteiger partial charge in [0.2, 0.25) is 6.71 Å².